The Labute approximate surface area is 132 Å². The first-order chi connectivity index (χ1) is 8.91. The third-order valence-corrected chi connectivity index (χ3v) is 3.08. The van der Waals surface area contributed by atoms with Gasteiger partial charge >= 0.3 is 6.18 Å². The number of amides is 1. The molecule has 120 valence electrons. The summed E-state index contributed by atoms with van der Waals surface area (Å²) < 4.78 is 37.0. The molecule has 1 aromatic heterocycles. The number of nitrogens with one attached hydrogen (secondary N) is 1. The minimum atomic E-state index is -4.45. The summed E-state index contributed by atoms with van der Waals surface area (Å²) in [6, 6.07) is 1.78. The van der Waals surface area contributed by atoms with E-state index in [1.54, 1.807) is 0 Å². The number of nitrogens with zero attached hydrogens (tertiary/aromatic N) is 1. The number of carbonyl (C=O) groups excluding carboxylic acids is 1. The lowest BCUT2D eigenvalue weighted by atomic mass is 10.1. The first-order valence-corrected chi connectivity index (χ1v) is 5.96. The molecule has 2 rings (SSSR count). The van der Waals surface area contributed by atoms with Crippen LogP contribution in [0.3, 0.4) is 0 Å². The molecular weight excluding hydrogens is 330 g/mol. The van der Waals surface area contributed by atoms with Crippen molar-refractivity contribution in [2.24, 2.45) is 11.7 Å². The normalized spacial score (nSPS) is 15.4. The van der Waals surface area contributed by atoms with Crippen molar-refractivity contribution >= 4 is 30.7 Å². The smallest absolute Gasteiger partial charge is 0.346 e. The Morgan fingerprint density at radius 2 is 2.00 bits per heavy atom. The van der Waals surface area contributed by atoms with Gasteiger partial charge in [-0.05, 0) is 30.9 Å². The molecule has 0 aliphatic heterocycles. The van der Waals surface area contributed by atoms with Gasteiger partial charge in [-0.3, -0.25) is 9.78 Å². The Bertz CT molecular complexity index is 464. The van der Waals surface area contributed by atoms with Gasteiger partial charge in [0.2, 0.25) is 0 Å². The van der Waals surface area contributed by atoms with Gasteiger partial charge in [0.05, 0.1) is 5.56 Å². The van der Waals surface area contributed by atoms with Crippen LogP contribution in [-0.2, 0) is 6.18 Å². The largest absolute Gasteiger partial charge is 0.417 e. The Morgan fingerprint density at radius 3 is 2.38 bits per heavy atom. The number of hydrogen-bond acceptors (Lipinski definition) is 3. The summed E-state index contributed by atoms with van der Waals surface area (Å²) in [4.78, 5) is 15.3. The quantitative estimate of drug-likeness (QED) is 0.880. The summed E-state index contributed by atoms with van der Waals surface area (Å²) >= 11 is 0. The molecule has 0 spiro atoms. The van der Waals surface area contributed by atoms with Crippen molar-refractivity contribution in [3.63, 3.8) is 0 Å². The standard InChI is InChI=1S/C12H14F3N3O.2ClH/c13-12(14,15)8-3-4-9(17-6-8)11(19)18-10(5-16)7-1-2-7;;/h3-4,6-7,10H,1-2,5,16H2,(H,18,19);2*1H. The van der Waals surface area contributed by atoms with Crippen LogP contribution >= 0.6 is 24.8 Å². The second-order valence-corrected chi connectivity index (χ2v) is 4.58. The average molecular weight is 346 g/mol. The Kier molecular flexibility index (Phi) is 7.43. The molecule has 1 aromatic rings. The molecule has 1 unspecified atom stereocenters. The predicted octanol–water partition coefficient (Wildman–Crippen LogP) is 2.41. The predicted molar refractivity (Wildman–Crippen MR) is 76.8 cm³/mol. The van der Waals surface area contributed by atoms with E-state index in [-0.39, 0.29) is 36.5 Å². The molecule has 3 N–H and O–H groups in total. The highest BCUT2D eigenvalue weighted by Gasteiger charge is 2.33. The van der Waals surface area contributed by atoms with Crippen LogP contribution in [-0.4, -0.2) is 23.5 Å². The third kappa shape index (κ3) is 5.33. The summed E-state index contributed by atoms with van der Waals surface area (Å²) in [6.07, 6.45) is -1.76. The topological polar surface area (TPSA) is 68.0 Å². The monoisotopic (exact) mass is 345 g/mol. The number of rotatable bonds is 4. The molecule has 1 aliphatic carbocycles. The number of nitrogens with two attached hydrogens (primary N) is 1. The van der Waals surface area contributed by atoms with E-state index in [1.165, 1.54) is 0 Å². The van der Waals surface area contributed by atoms with E-state index in [0.717, 1.165) is 25.0 Å². The van der Waals surface area contributed by atoms with Gasteiger partial charge in [-0.15, -0.1) is 24.8 Å². The summed E-state index contributed by atoms with van der Waals surface area (Å²) in [5.41, 5.74) is 4.63. The van der Waals surface area contributed by atoms with Gasteiger partial charge < -0.3 is 11.1 Å². The number of hydrogen-bond donors (Lipinski definition) is 2. The molecule has 4 nitrogen and oxygen atoms in total. The van der Waals surface area contributed by atoms with Crippen LogP contribution < -0.4 is 11.1 Å². The van der Waals surface area contributed by atoms with E-state index in [9.17, 15) is 18.0 Å². The highest BCUT2D eigenvalue weighted by Crippen LogP contribution is 2.32. The van der Waals surface area contributed by atoms with Crippen molar-refractivity contribution in [2.75, 3.05) is 6.54 Å². The van der Waals surface area contributed by atoms with Gasteiger partial charge in [-0.25, -0.2) is 0 Å². The Hall–Kier alpha value is -1.05. The zero-order valence-corrected chi connectivity index (χ0v) is 12.5. The van der Waals surface area contributed by atoms with E-state index in [1.807, 2.05) is 0 Å². The van der Waals surface area contributed by atoms with Crippen LogP contribution in [0.25, 0.3) is 0 Å². The maximum atomic E-state index is 12.3. The Morgan fingerprint density at radius 1 is 1.38 bits per heavy atom. The van der Waals surface area contributed by atoms with Crippen molar-refractivity contribution < 1.29 is 18.0 Å². The van der Waals surface area contributed by atoms with Gasteiger partial charge in [-0.1, -0.05) is 0 Å². The first kappa shape index (κ1) is 19.9. The zero-order chi connectivity index (χ0) is 14.0. The van der Waals surface area contributed by atoms with E-state index in [4.69, 9.17) is 5.73 Å². The molecule has 1 amide bonds. The van der Waals surface area contributed by atoms with Crippen LogP contribution in [0, 0.1) is 5.92 Å². The first-order valence-electron chi connectivity index (χ1n) is 5.96. The summed E-state index contributed by atoms with van der Waals surface area (Å²) in [5, 5.41) is 2.70. The maximum Gasteiger partial charge on any atom is 0.417 e. The second kappa shape index (κ2) is 7.82. The third-order valence-electron chi connectivity index (χ3n) is 3.08. The van der Waals surface area contributed by atoms with Crippen LogP contribution in [0.1, 0.15) is 28.9 Å². The molecule has 9 heteroatoms. The van der Waals surface area contributed by atoms with E-state index >= 15 is 0 Å². The summed E-state index contributed by atoms with van der Waals surface area (Å²) in [5.74, 6) is -0.112. The minimum Gasteiger partial charge on any atom is -0.346 e. The molecule has 0 bridgehead atoms. The van der Waals surface area contributed by atoms with E-state index < -0.39 is 17.6 Å². The van der Waals surface area contributed by atoms with E-state index in [0.29, 0.717) is 18.7 Å². The molecule has 0 saturated heterocycles. The maximum absolute atomic E-state index is 12.3. The molecule has 1 saturated carbocycles. The lowest BCUT2D eigenvalue weighted by molar-refractivity contribution is -0.137. The number of pyridine rings is 1. The number of aromatic nitrogens is 1. The molecule has 0 aromatic carbocycles. The lowest BCUT2D eigenvalue weighted by Gasteiger charge is -2.15. The molecule has 0 radical (unpaired) electrons. The van der Waals surface area contributed by atoms with Crippen LogP contribution in [0.5, 0.6) is 0 Å². The van der Waals surface area contributed by atoms with Crippen LogP contribution in [0.2, 0.25) is 0 Å². The fourth-order valence-electron chi connectivity index (χ4n) is 1.81. The lowest BCUT2D eigenvalue weighted by Crippen LogP contribution is -2.42. The van der Waals surface area contributed by atoms with Crippen molar-refractivity contribution in [2.45, 2.75) is 25.1 Å². The van der Waals surface area contributed by atoms with Crippen LogP contribution in [0.4, 0.5) is 13.2 Å². The molecule has 1 heterocycles. The highest BCUT2D eigenvalue weighted by atomic mass is 35.5. The highest BCUT2D eigenvalue weighted by molar-refractivity contribution is 5.92. The number of halogens is 5. The molecule has 1 aliphatic rings. The molecule has 1 atom stereocenters. The van der Waals surface area contributed by atoms with E-state index in [2.05, 4.69) is 10.3 Å². The summed E-state index contributed by atoms with van der Waals surface area (Å²) in [7, 11) is 0. The van der Waals surface area contributed by atoms with Crippen molar-refractivity contribution in [3.05, 3.63) is 29.6 Å². The van der Waals surface area contributed by atoms with Gasteiger partial charge in [0.1, 0.15) is 5.69 Å². The molecule has 21 heavy (non-hydrogen) atoms. The second-order valence-electron chi connectivity index (χ2n) is 4.58. The fourth-order valence-corrected chi connectivity index (χ4v) is 1.81. The Balaban J connectivity index is 0.00000200. The molecular formula is C12H16Cl2F3N3O. The van der Waals surface area contributed by atoms with Gasteiger partial charge in [0.15, 0.2) is 0 Å². The average Bonchev–Trinajstić information content (AvgIpc) is 3.19. The number of carbonyl (C=O) groups is 1. The SMILES string of the molecule is Cl.Cl.NCC(NC(=O)c1ccc(C(F)(F)F)cn1)C1CC1. The summed E-state index contributed by atoms with van der Waals surface area (Å²) in [6.45, 7) is 0.317. The van der Waals surface area contributed by atoms with Gasteiger partial charge in [0.25, 0.3) is 5.91 Å². The van der Waals surface area contributed by atoms with Crippen molar-refractivity contribution in [3.8, 4) is 0 Å². The zero-order valence-electron chi connectivity index (χ0n) is 10.9. The van der Waals surface area contributed by atoms with Crippen LogP contribution in [0.15, 0.2) is 18.3 Å². The molecule has 1 fully saturated rings. The minimum absolute atomic E-state index is 0. The van der Waals surface area contributed by atoms with Gasteiger partial charge in [0, 0.05) is 18.8 Å². The van der Waals surface area contributed by atoms with Crippen molar-refractivity contribution in [1.29, 1.82) is 0 Å². The van der Waals surface area contributed by atoms with Gasteiger partial charge in [-0.2, -0.15) is 13.2 Å². The van der Waals surface area contributed by atoms with Crippen molar-refractivity contribution in [1.82, 2.24) is 10.3 Å². The fraction of sp³-hybridized carbons (Fsp3) is 0.500. The number of alkyl halides is 3.